The van der Waals surface area contributed by atoms with Gasteiger partial charge in [0.1, 0.15) is 0 Å². The Hall–Kier alpha value is -0.380. The Morgan fingerprint density at radius 2 is 1.67 bits per heavy atom. The van der Waals surface area contributed by atoms with E-state index in [0.29, 0.717) is 12.1 Å². The number of guanidine groups is 1. The Balaban J connectivity index is 3.97. The van der Waals surface area contributed by atoms with Crippen LogP contribution in [0.15, 0.2) is 4.99 Å². The molecule has 0 aliphatic carbocycles. The van der Waals surface area contributed by atoms with Gasteiger partial charge in [-0.25, -0.2) is 0 Å². The van der Waals surface area contributed by atoms with Crippen LogP contribution >= 0.6 is 11.8 Å². The van der Waals surface area contributed by atoms with E-state index in [1.165, 1.54) is 5.75 Å². The second-order valence-electron chi connectivity index (χ2n) is 4.17. The lowest BCUT2D eigenvalue weighted by molar-refractivity contribution is 0.655. The standard InChI is InChI=1S/C11H25N3S/c1-9(2)13-11(14-10(3)4)12-7-6-8-15-5/h9-10H,6-8H2,1-5H3,(H2,12,13,14). The molecule has 0 unspecified atom stereocenters. The third kappa shape index (κ3) is 9.91. The van der Waals surface area contributed by atoms with E-state index in [4.69, 9.17) is 0 Å². The molecule has 0 saturated carbocycles. The highest BCUT2D eigenvalue weighted by Gasteiger charge is 2.01. The maximum atomic E-state index is 4.52. The number of nitrogens with one attached hydrogen (secondary N) is 2. The van der Waals surface area contributed by atoms with E-state index in [0.717, 1.165) is 18.9 Å². The molecule has 0 amide bonds. The quantitative estimate of drug-likeness (QED) is 0.417. The van der Waals surface area contributed by atoms with E-state index in [9.17, 15) is 0 Å². The van der Waals surface area contributed by atoms with Gasteiger partial charge in [-0.2, -0.15) is 11.8 Å². The fourth-order valence-corrected chi connectivity index (χ4v) is 1.50. The molecular formula is C11H25N3S. The predicted octanol–water partition coefficient (Wildman–Crippen LogP) is 2.09. The van der Waals surface area contributed by atoms with Crippen LogP contribution in [0, 0.1) is 0 Å². The molecular weight excluding hydrogens is 206 g/mol. The van der Waals surface area contributed by atoms with E-state index in [1.54, 1.807) is 0 Å². The smallest absolute Gasteiger partial charge is 0.191 e. The third-order valence-electron chi connectivity index (χ3n) is 1.63. The number of nitrogens with zero attached hydrogens (tertiary/aromatic N) is 1. The highest BCUT2D eigenvalue weighted by Crippen LogP contribution is 1.95. The van der Waals surface area contributed by atoms with Crippen LogP contribution in [-0.4, -0.2) is 36.6 Å². The third-order valence-corrected chi connectivity index (χ3v) is 2.32. The maximum Gasteiger partial charge on any atom is 0.191 e. The Kier molecular flexibility index (Phi) is 8.67. The number of thioether (sulfide) groups is 1. The van der Waals surface area contributed by atoms with E-state index >= 15 is 0 Å². The average Bonchev–Trinajstić information content (AvgIpc) is 2.10. The molecule has 0 saturated heterocycles. The van der Waals surface area contributed by atoms with Gasteiger partial charge in [-0.3, -0.25) is 4.99 Å². The minimum atomic E-state index is 0.426. The number of aliphatic imine (C=N–C) groups is 1. The Morgan fingerprint density at radius 1 is 1.13 bits per heavy atom. The van der Waals surface area contributed by atoms with Crippen molar-refractivity contribution in [3.63, 3.8) is 0 Å². The van der Waals surface area contributed by atoms with Crippen molar-refractivity contribution in [2.45, 2.75) is 46.2 Å². The SMILES string of the molecule is CSCCCN=C(NC(C)C)NC(C)C. The summed E-state index contributed by atoms with van der Waals surface area (Å²) >= 11 is 1.87. The second-order valence-corrected chi connectivity index (χ2v) is 5.16. The molecule has 0 bridgehead atoms. The summed E-state index contributed by atoms with van der Waals surface area (Å²) < 4.78 is 0. The summed E-state index contributed by atoms with van der Waals surface area (Å²) in [7, 11) is 0. The van der Waals surface area contributed by atoms with E-state index in [1.807, 2.05) is 11.8 Å². The van der Waals surface area contributed by atoms with Crippen molar-refractivity contribution >= 4 is 17.7 Å². The molecule has 0 aliphatic rings. The Bertz CT molecular complexity index is 167. The van der Waals surface area contributed by atoms with Gasteiger partial charge in [0, 0.05) is 18.6 Å². The van der Waals surface area contributed by atoms with Crippen LogP contribution in [0.3, 0.4) is 0 Å². The number of rotatable bonds is 6. The van der Waals surface area contributed by atoms with Gasteiger partial charge in [-0.15, -0.1) is 0 Å². The average molecular weight is 231 g/mol. The van der Waals surface area contributed by atoms with Crippen LogP contribution in [0.5, 0.6) is 0 Å². The van der Waals surface area contributed by atoms with Gasteiger partial charge in [0.25, 0.3) is 0 Å². The minimum absolute atomic E-state index is 0.426. The zero-order valence-corrected chi connectivity index (χ0v) is 11.4. The number of hydrogen-bond acceptors (Lipinski definition) is 2. The largest absolute Gasteiger partial charge is 0.354 e. The number of hydrogen-bond donors (Lipinski definition) is 2. The molecule has 15 heavy (non-hydrogen) atoms. The molecule has 0 rings (SSSR count). The molecule has 90 valence electrons. The molecule has 2 N–H and O–H groups in total. The summed E-state index contributed by atoms with van der Waals surface area (Å²) in [6, 6.07) is 0.853. The van der Waals surface area contributed by atoms with Crippen LogP contribution in [0.25, 0.3) is 0 Å². The highest BCUT2D eigenvalue weighted by atomic mass is 32.2. The Labute approximate surface area is 98.5 Å². The summed E-state index contributed by atoms with van der Waals surface area (Å²) in [6.45, 7) is 9.40. The van der Waals surface area contributed by atoms with Crippen LogP contribution in [-0.2, 0) is 0 Å². The molecule has 0 atom stereocenters. The zero-order chi connectivity index (χ0) is 11.7. The lowest BCUT2D eigenvalue weighted by Crippen LogP contribution is -2.44. The van der Waals surface area contributed by atoms with Gasteiger partial charge in [-0.05, 0) is 46.1 Å². The molecule has 3 nitrogen and oxygen atoms in total. The normalized spacial score (nSPS) is 10.6. The van der Waals surface area contributed by atoms with Crippen molar-refractivity contribution in [1.82, 2.24) is 10.6 Å². The van der Waals surface area contributed by atoms with Crippen LogP contribution in [0.2, 0.25) is 0 Å². The van der Waals surface area contributed by atoms with Crippen LogP contribution < -0.4 is 10.6 Å². The van der Waals surface area contributed by atoms with Crippen molar-refractivity contribution in [3.8, 4) is 0 Å². The second kappa shape index (κ2) is 8.89. The van der Waals surface area contributed by atoms with Gasteiger partial charge in [0.05, 0.1) is 0 Å². The monoisotopic (exact) mass is 231 g/mol. The first-order valence-electron chi connectivity index (χ1n) is 5.62. The van der Waals surface area contributed by atoms with Crippen molar-refractivity contribution in [2.24, 2.45) is 4.99 Å². The summed E-state index contributed by atoms with van der Waals surface area (Å²) in [6.07, 6.45) is 3.27. The molecule has 0 aromatic rings. The fourth-order valence-electron chi connectivity index (χ4n) is 1.08. The molecule has 0 aromatic heterocycles. The van der Waals surface area contributed by atoms with Crippen molar-refractivity contribution in [1.29, 1.82) is 0 Å². The molecule has 4 heteroatoms. The molecule has 0 fully saturated rings. The van der Waals surface area contributed by atoms with E-state index in [-0.39, 0.29) is 0 Å². The van der Waals surface area contributed by atoms with Gasteiger partial charge in [-0.1, -0.05) is 0 Å². The van der Waals surface area contributed by atoms with Crippen LogP contribution in [0.4, 0.5) is 0 Å². The molecule has 0 spiro atoms. The highest BCUT2D eigenvalue weighted by molar-refractivity contribution is 7.98. The lowest BCUT2D eigenvalue weighted by Gasteiger charge is -2.17. The molecule has 0 aliphatic heterocycles. The van der Waals surface area contributed by atoms with Crippen molar-refractivity contribution < 1.29 is 0 Å². The first-order chi connectivity index (χ1) is 7.06. The first kappa shape index (κ1) is 14.6. The van der Waals surface area contributed by atoms with Crippen LogP contribution in [0.1, 0.15) is 34.1 Å². The molecule has 0 heterocycles. The molecule has 0 aromatic carbocycles. The summed E-state index contributed by atoms with van der Waals surface area (Å²) in [4.78, 5) is 4.52. The first-order valence-corrected chi connectivity index (χ1v) is 7.02. The van der Waals surface area contributed by atoms with E-state index in [2.05, 4.69) is 49.6 Å². The van der Waals surface area contributed by atoms with Gasteiger partial charge < -0.3 is 10.6 Å². The topological polar surface area (TPSA) is 36.4 Å². The lowest BCUT2D eigenvalue weighted by atomic mass is 10.4. The summed E-state index contributed by atoms with van der Waals surface area (Å²) in [5, 5.41) is 6.64. The maximum absolute atomic E-state index is 4.52. The zero-order valence-electron chi connectivity index (χ0n) is 10.6. The summed E-state index contributed by atoms with van der Waals surface area (Å²) in [5.41, 5.74) is 0. The minimum Gasteiger partial charge on any atom is -0.354 e. The van der Waals surface area contributed by atoms with Gasteiger partial charge >= 0.3 is 0 Å². The predicted molar refractivity (Wildman–Crippen MR) is 71.8 cm³/mol. The molecule has 0 radical (unpaired) electrons. The summed E-state index contributed by atoms with van der Waals surface area (Å²) in [5.74, 6) is 2.11. The Morgan fingerprint density at radius 3 is 2.07 bits per heavy atom. The van der Waals surface area contributed by atoms with Gasteiger partial charge in [0.2, 0.25) is 0 Å². The van der Waals surface area contributed by atoms with E-state index < -0.39 is 0 Å². The van der Waals surface area contributed by atoms with Gasteiger partial charge in [0.15, 0.2) is 5.96 Å². The van der Waals surface area contributed by atoms with Crippen molar-refractivity contribution in [2.75, 3.05) is 18.6 Å². The fraction of sp³-hybridized carbons (Fsp3) is 0.909. The van der Waals surface area contributed by atoms with Crippen molar-refractivity contribution in [3.05, 3.63) is 0 Å².